The fourth-order valence-electron chi connectivity index (χ4n) is 3.38. The van der Waals surface area contributed by atoms with Crippen LogP contribution in [0, 0.1) is 0 Å². The molecular formula is C27H23NO5S. The second kappa shape index (κ2) is 9.80. The van der Waals surface area contributed by atoms with E-state index in [0.29, 0.717) is 11.6 Å². The van der Waals surface area contributed by atoms with Crippen LogP contribution in [0.25, 0.3) is 6.08 Å². The van der Waals surface area contributed by atoms with Crippen molar-refractivity contribution in [2.24, 2.45) is 0 Å². The molecule has 0 amide bonds. The van der Waals surface area contributed by atoms with E-state index in [1.165, 1.54) is 24.3 Å². The number of hydrogen-bond acceptors (Lipinski definition) is 6. The minimum Gasteiger partial charge on any atom is -0.457 e. The van der Waals surface area contributed by atoms with E-state index in [-0.39, 0.29) is 11.5 Å². The molecule has 0 bridgehead atoms. The molecule has 1 heterocycles. The van der Waals surface area contributed by atoms with Gasteiger partial charge in [-0.05, 0) is 41.5 Å². The molecule has 3 aromatic carbocycles. The van der Waals surface area contributed by atoms with Crippen LogP contribution in [0.4, 0.5) is 5.69 Å². The Labute approximate surface area is 199 Å². The highest BCUT2D eigenvalue weighted by atomic mass is 32.2. The van der Waals surface area contributed by atoms with Crippen molar-refractivity contribution >= 4 is 27.6 Å². The van der Waals surface area contributed by atoms with Crippen LogP contribution in [0.15, 0.2) is 113 Å². The topological polar surface area (TPSA) is 72.9 Å². The van der Waals surface area contributed by atoms with Gasteiger partial charge >= 0.3 is 5.97 Å². The van der Waals surface area contributed by atoms with Crippen LogP contribution in [0.1, 0.15) is 11.1 Å². The lowest BCUT2D eigenvalue weighted by atomic mass is 10.1. The molecule has 4 rings (SSSR count). The molecule has 1 aliphatic rings. The first kappa shape index (κ1) is 23.1. The third-order valence-electron chi connectivity index (χ3n) is 5.28. The van der Waals surface area contributed by atoms with Crippen molar-refractivity contribution in [1.82, 2.24) is 0 Å². The number of benzene rings is 3. The Hall–Kier alpha value is -4.10. The van der Waals surface area contributed by atoms with Crippen LogP contribution in [-0.2, 0) is 26.0 Å². The number of carbonyl (C=O) groups excluding carboxylic acids is 1. The van der Waals surface area contributed by atoms with Gasteiger partial charge in [0.2, 0.25) is 9.84 Å². The first-order chi connectivity index (χ1) is 16.4. The van der Waals surface area contributed by atoms with Gasteiger partial charge in [0, 0.05) is 13.1 Å². The largest absolute Gasteiger partial charge is 0.457 e. The molecule has 0 spiro atoms. The second-order valence-electron chi connectivity index (χ2n) is 7.50. The van der Waals surface area contributed by atoms with Gasteiger partial charge in [0.1, 0.15) is 6.61 Å². The molecule has 0 fully saturated rings. The Balaban J connectivity index is 1.64. The van der Waals surface area contributed by atoms with E-state index in [9.17, 15) is 13.2 Å². The highest BCUT2D eigenvalue weighted by molar-refractivity contribution is 7.96. The SMILES string of the molecule is C=Cc1ccc(COC(=O)/C(=C/C=C2\Oc3ccccc3N2C)S(=O)(=O)c2ccccc2)cc1. The molecule has 1 aliphatic heterocycles. The number of anilines is 1. The average molecular weight is 474 g/mol. The van der Waals surface area contributed by atoms with Crippen LogP contribution >= 0.6 is 0 Å². The van der Waals surface area contributed by atoms with E-state index < -0.39 is 20.7 Å². The predicted octanol–water partition coefficient (Wildman–Crippen LogP) is 5.10. The van der Waals surface area contributed by atoms with Gasteiger partial charge in [-0.15, -0.1) is 0 Å². The lowest BCUT2D eigenvalue weighted by Gasteiger charge is -2.12. The Bertz CT molecular complexity index is 1370. The number of carbonyl (C=O) groups is 1. The van der Waals surface area contributed by atoms with E-state index in [1.807, 2.05) is 36.4 Å². The molecule has 0 aliphatic carbocycles. The molecule has 0 saturated heterocycles. The maximum atomic E-state index is 13.3. The minimum absolute atomic E-state index is 0.00378. The van der Waals surface area contributed by atoms with Gasteiger partial charge in [-0.3, -0.25) is 0 Å². The quantitative estimate of drug-likeness (QED) is 0.351. The summed E-state index contributed by atoms with van der Waals surface area (Å²) in [5.74, 6) is 0.0732. The lowest BCUT2D eigenvalue weighted by molar-refractivity contribution is -0.139. The summed E-state index contributed by atoms with van der Waals surface area (Å²) in [5, 5.41) is 0. The number of esters is 1. The third-order valence-corrected chi connectivity index (χ3v) is 7.05. The summed E-state index contributed by atoms with van der Waals surface area (Å²) in [4.78, 5) is 14.3. The Morgan fingerprint density at radius 1 is 1.00 bits per heavy atom. The van der Waals surface area contributed by atoms with Crippen molar-refractivity contribution < 1.29 is 22.7 Å². The van der Waals surface area contributed by atoms with Gasteiger partial charge in [0.25, 0.3) is 0 Å². The number of sulfone groups is 1. The van der Waals surface area contributed by atoms with Crippen LogP contribution in [-0.4, -0.2) is 21.4 Å². The zero-order valence-corrected chi connectivity index (χ0v) is 19.4. The molecule has 172 valence electrons. The summed E-state index contributed by atoms with van der Waals surface area (Å²) in [6.07, 6.45) is 4.39. The number of fused-ring (bicyclic) bond motifs is 1. The van der Waals surface area contributed by atoms with Crippen LogP contribution in [0.2, 0.25) is 0 Å². The van der Waals surface area contributed by atoms with Crippen molar-refractivity contribution in [3.63, 3.8) is 0 Å². The van der Waals surface area contributed by atoms with Crippen molar-refractivity contribution in [3.8, 4) is 5.75 Å². The number of rotatable bonds is 7. The summed E-state index contributed by atoms with van der Waals surface area (Å²) in [6.45, 7) is 3.63. The lowest BCUT2D eigenvalue weighted by Crippen LogP contribution is -2.17. The van der Waals surface area contributed by atoms with Gasteiger partial charge in [-0.1, -0.05) is 67.3 Å². The van der Waals surface area contributed by atoms with Crippen LogP contribution < -0.4 is 9.64 Å². The smallest absolute Gasteiger partial charge is 0.350 e. The summed E-state index contributed by atoms with van der Waals surface area (Å²) in [6, 6.07) is 22.4. The highest BCUT2D eigenvalue weighted by Crippen LogP contribution is 2.37. The Kier molecular flexibility index (Phi) is 6.65. The number of allylic oxidation sites excluding steroid dienone is 2. The fraction of sp³-hybridized carbons (Fsp3) is 0.0741. The number of ether oxygens (including phenoxy) is 2. The zero-order chi connectivity index (χ0) is 24.1. The first-order valence-electron chi connectivity index (χ1n) is 10.5. The van der Waals surface area contributed by atoms with Gasteiger partial charge in [0.05, 0.1) is 10.6 Å². The Morgan fingerprint density at radius 3 is 2.35 bits per heavy atom. The van der Waals surface area contributed by atoms with Crippen LogP contribution in [0.3, 0.4) is 0 Å². The highest BCUT2D eigenvalue weighted by Gasteiger charge is 2.29. The maximum absolute atomic E-state index is 13.3. The average Bonchev–Trinajstić information content (AvgIpc) is 3.19. The zero-order valence-electron chi connectivity index (χ0n) is 18.5. The molecule has 6 nitrogen and oxygen atoms in total. The van der Waals surface area contributed by atoms with E-state index in [2.05, 4.69) is 6.58 Å². The van der Waals surface area contributed by atoms with Crippen molar-refractivity contribution in [2.45, 2.75) is 11.5 Å². The van der Waals surface area contributed by atoms with E-state index >= 15 is 0 Å². The maximum Gasteiger partial charge on any atom is 0.350 e. The number of nitrogens with zero attached hydrogens (tertiary/aromatic N) is 1. The monoisotopic (exact) mass is 473 g/mol. The third kappa shape index (κ3) is 4.79. The summed E-state index contributed by atoms with van der Waals surface area (Å²) in [7, 11) is -2.34. The molecular weight excluding hydrogens is 450 g/mol. The molecule has 3 aromatic rings. The second-order valence-corrected chi connectivity index (χ2v) is 9.42. The molecule has 0 aromatic heterocycles. The normalized spacial score (nSPS) is 14.4. The van der Waals surface area contributed by atoms with Gasteiger partial charge < -0.3 is 14.4 Å². The van der Waals surface area contributed by atoms with E-state index in [4.69, 9.17) is 9.47 Å². The van der Waals surface area contributed by atoms with Crippen molar-refractivity contribution in [1.29, 1.82) is 0 Å². The first-order valence-corrected chi connectivity index (χ1v) is 12.0. The summed E-state index contributed by atoms with van der Waals surface area (Å²) in [5.41, 5.74) is 2.49. The number of hydrogen-bond donors (Lipinski definition) is 0. The van der Waals surface area contributed by atoms with Crippen molar-refractivity contribution in [3.05, 3.63) is 120 Å². The molecule has 0 atom stereocenters. The molecule has 7 heteroatoms. The molecule has 0 saturated carbocycles. The van der Waals surface area contributed by atoms with E-state index in [1.54, 1.807) is 48.4 Å². The van der Waals surface area contributed by atoms with E-state index in [0.717, 1.165) is 16.8 Å². The molecule has 0 N–H and O–H groups in total. The molecule has 0 unspecified atom stereocenters. The van der Waals surface area contributed by atoms with Gasteiger partial charge in [-0.25, -0.2) is 13.2 Å². The fourth-order valence-corrected chi connectivity index (χ4v) is 4.67. The minimum atomic E-state index is -4.14. The van der Waals surface area contributed by atoms with Gasteiger partial charge in [0.15, 0.2) is 16.5 Å². The summed E-state index contributed by atoms with van der Waals surface area (Å²) < 4.78 is 37.8. The van der Waals surface area contributed by atoms with Crippen molar-refractivity contribution in [2.75, 3.05) is 11.9 Å². The Morgan fingerprint density at radius 2 is 1.68 bits per heavy atom. The van der Waals surface area contributed by atoms with Crippen LogP contribution in [0.5, 0.6) is 5.75 Å². The molecule has 0 radical (unpaired) electrons. The standard InChI is InChI=1S/C27H23NO5S/c1-3-20-13-15-21(16-14-20)19-32-27(29)25(34(30,31)22-9-5-4-6-10-22)17-18-26-28(2)23-11-7-8-12-24(23)33-26/h3-18H,1,19H2,2H3/b25-17-,26-18-. The molecule has 34 heavy (non-hydrogen) atoms. The number of para-hydroxylation sites is 2. The summed E-state index contributed by atoms with van der Waals surface area (Å²) >= 11 is 0. The van der Waals surface area contributed by atoms with Gasteiger partial charge in [-0.2, -0.15) is 0 Å². The predicted molar refractivity (Wildman–Crippen MR) is 132 cm³/mol.